The van der Waals surface area contributed by atoms with E-state index in [1.54, 1.807) is 0 Å². The van der Waals surface area contributed by atoms with Crippen molar-refractivity contribution in [2.75, 3.05) is 50.9 Å². The van der Waals surface area contributed by atoms with E-state index in [0.717, 1.165) is 31.6 Å². The Morgan fingerprint density at radius 1 is 1.28 bits per heavy atom. The van der Waals surface area contributed by atoms with Crippen molar-refractivity contribution in [2.24, 2.45) is 0 Å². The van der Waals surface area contributed by atoms with Gasteiger partial charge in [-0.3, -0.25) is 9.69 Å². The van der Waals surface area contributed by atoms with Crippen LogP contribution in [0.3, 0.4) is 0 Å². The summed E-state index contributed by atoms with van der Waals surface area (Å²) in [6, 6.07) is 10.1. The molecule has 8 nitrogen and oxygen atoms in total. The molecule has 0 spiro atoms. The van der Waals surface area contributed by atoms with Gasteiger partial charge in [0.25, 0.3) is 5.91 Å². The number of ether oxygens (including phenoxy) is 1. The molecule has 1 amide bonds. The number of pyridine rings is 1. The van der Waals surface area contributed by atoms with Crippen molar-refractivity contribution in [2.45, 2.75) is 13.3 Å². The van der Waals surface area contributed by atoms with Crippen molar-refractivity contribution < 1.29 is 9.53 Å². The van der Waals surface area contributed by atoms with Gasteiger partial charge in [-0.05, 0) is 17.5 Å². The lowest BCUT2D eigenvalue weighted by Crippen LogP contribution is -2.41. The third-order valence-corrected chi connectivity index (χ3v) is 6.79. The number of hydrogen-bond acceptors (Lipinski definition) is 8. The topological polar surface area (TPSA) is 130 Å². The van der Waals surface area contributed by atoms with Crippen LogP contribution in [-0.4, -0.2) is 55.2 Å². The average Bonchev–Trinajstić information content (AvgIpc) is 3.14. The molecule has 0 aliphatic carbocycles. The molecule has 2 aromatic heterocycles. The van der Waals surface area contributed by atoms with Gasteiger partial charge in [-0.1, -0.05) is 31.2 Å². The zero-order valence-corrected chi connectivity index (χ0v) is 18.8. The normalized spacial score (nSPS) is 14.4. The molecule has 0 radical (unpaired) electrons. The van der Waals surface area contributed by atoms with E-state index in [4.69, 9.17) is 16.2 Å². The van der Waals surface area contributed by atoms with Gasteiger partial charge in [-0.25, -0.2) is 4.98 Å². The van der Waals surface area contributed by atoms with E-state index in [0.29, 0.717) is 46.1 Å². The molecule has 0 saturated carbocycles. The van der Waals surface area contributed by atoms with E-state index in [2.05, 4.69) is 28.2 Å². The first-order valence-corrected chi connectivity index (χ1v) is 11.4. The molecule has 32 heavy (non-hydrogen) atoms. The highest BCUT2D eigenvalue weighted by Gasteiger charge is 2.24. The molecule has 3 heterocycles. The second kappa shape index (κ2) is 9.53. The van der Waals surface area contributed by atoms with Crippen molar-refractivity contribution >= 4 is 39.0 Å². The standard InChI is InChI=1S/C23H26N6O2S/c1-2-14-3-5-15(6-4-14)17-16(13-24)21(26)28-23-18(17)19(25)20(32-23)22(30)27-7-8-29-9-11-31-12-10-29/h3-6H,2,7-12,25H2,1H3,(H2,26,28)(H,27,30). The molecule has 1 aromatic carbocycles. The van der Waals surface area contributed by atoms with Gasteiger partial charge in [0, 0.05) is 37.1 Å². The maximum Gasteiger partial charge on any atom is 0.263 e. The molecule has 0 bridgehead atoms. The van der Waals surface area contributed by atoms with Gasteiger partial charge in [0.1, 0.15) is 27.2 Å². The number of carbonyl (C=O) groups excluding carboxylic acids is 1. The number of carbonyl (C=O) groups is 1. The summed E-state index contributed by atoms with van der Waals surface area (Å²) in [4.78, 5) is 20.5. The molecular formula is C23H26N6O2S. The number of nitriles is 1. The number of hydrogen-bond donors (Lipinski definition) is 3. The molecular weight excluding hydrogens is 424 g/mol. The number of nitrogens with one attached hydrogen (secondary N) is 1. The molecule has 1 saturated heterocycles. The third-order valence-electron chi connectivity index (χ3n) is 5.69. The number of rotatable bonds is 6. The van der Waals surface area contributed by atoms with Crippen molar-refractivity contribution in [3.8, 4) is 17.2 Å². The summed E-state index contributed by atoms with van der Waals surface area (Å²) in [5.74, 6) is -0.113. The highest BCUT2D eigenvalue weighted by atomic mass is 32.1. The van der Waals surface area contributed by atoms with E-state index < -0.39 is 0 Å². The first-order chi connectivity index (χ1) is 15.5. The minimum Gasteiger partial charge on any atom is -0.397 e. The van der Waals surface area contributed by atoms with Gasteiger partial charge in [-0.15, -0.1) is 11.3 Å². The van der Waals surface area contributed by atoms with Gasteiger partial charge in [0.2, 0.25) is 0 Å². The minimum atomic E-state index is -0.247. The summed E-state index contributed by atoms with van der Waals surface area (Å²) < 4.78 is 5.35. The van der Waals surface area contributed by atoms with Gasteiger partial charge >= 0.3 is 0 Å². The van der Waals surface area contributed by atoms with Gasteiger partial charge in [0.05, 0.1) is 18.9 Å². The third kappa shape index (κ3) is 4.25. The van der Waals surface area contributed by atoms with Crippen LogP contribution < -0.4 is 16.8 Å². The number of benzene rings is 1. The van der Waals surface area contributed by atoms with Crippen molar-refractivity contribution in [1.29, 1.82) is 5.26 Å². The van der Waals surface area contributed by atoms with Crippen LogP contribution in [0.25, 0.3) is 21.3 Å². The highest BCUT2D eigenvalue weighted by Crippen LogP contribution is 2.42. The Balaban J connectivity index is 1.67. The number of aryl methyl sites for hydroxylation is 1. The minimum absolute atomic E-state index is 0.134. The summed E-state index contributed by atoms with van der Waals surface area (Å²) in [6.45, 7) is 6.50. The summed E-state index contributed by atoms with van der Waals surface area (Å²) in [5, 5.41) is 13.3. The number of thiophene rings is 1. The largest absolute Gasteiger partial charge is 0.397 e. The van der Waals surface area contributed by atoms with Crippen molar-refractivity contribution in [1.82, 2.24) is 15.2 Å². The second-order valence-corrected chi connectivity index (χ2v) is 8.64. The molecule has 0 unspecified atom stereocenters. The molecule has 5 N–H and O–H groups in total. The summed E-state index contributed by atoms with van der Waals surface area (Å²) in [6.07, 6.45) is 0.911. The SMILES string of the molecule is CCc1ccc(-c2c(C#N)c(N)nc3sc(C(=O)NCCN4CCOCC4)c(N)c23)cc1. The first-order valence-electron chi connectivity index (χ1n) is 10.6. The molecule has 4 rings (SSSR count). The van der Waals surface area contributed by atoms with Crippen molar-refractivity contribution in [3.05, 3.63) is 40.3 Å². The van der Waals surface area contributed by atoms with Crippen LogP contribution in [0.4, 0.5) is 11.5 Å². The average molecular weight is 451 g/mol. The fourth-order valence-electron chi connectivity index (χ4n) is 3.88. The predicted octanol–water partition coefficient (Wildman–Crippen LogP) is 2.62. The van der Waals surface area contributed by atoms with E-state index >= 15 is 0 Å². The predicted molar refractivity (Wildman–Crippen MR) is 128 cm³/mol. The van der Waals surface area contributed by atoms with Crippen LogP contribution in [0.15, 0.2) is 24.3 Å². The van der Waals surface area contributed by atoms with Crippen LogP contribution in [0.2, 0.25) is 0 Å². The number of anilines is 2. The fourth-order valence-corrected chi connectivity index (χ4v) is 4.91. The Morgan fingerprint density at radius 2 is 2.00 bits per heavy atom. The Kier molecular flexibility index (Phi) is 6.55. The van der Waals surface area contributed by atoms with Crippen LogP contribution >= 0.6 is 11.3 Å². The molecule has 1 aliphatic heterocycles. The van der Waals surface area contributed by atoms with E-state index in [1.165, 1.54) is 16.9 Å². The Labute approximate surface area is 190 Å². The monoisotopic (exact) mass is 450 g/mol. The van der Waals surface area contributed by atoms with Crippen LogP contribution in [0.5, 0.6) is 0 Å². The first kappa shape index (κ1) is 22.0. The lowest BCUT2D eigenvalue weighted by Gasteiger charge is -2.26. The van der Waals surface area contributed by atoms with Crippen molar-refractivity contribution in [3.63, 3.8) is 0 Å². The number of nitrogens with zero attached hydrogens (tertiary/aromatic N) is 3. The molecule has 9 heteroatoms. The molecule has 166 valence electrons. The Bertz CT molecular complexity index is 1180. The maximum absolute atomic E-state index is 12.9. The number of fused-ring (bicyclic) bond motifs is 1. The molecule has 1 fully saturated rings. The second-order valence-electron chi connectivity index (χ2n) is 7.64. The summed E-state index contributed by atoms with van der Waals surface area (Å²) in [5.41, 5.74) is 15.8. The van der Waals surface area contributed by atoms with Gasteiger partial charge < -0.3 is 21.5 Å². The lowest BCUT2D eigenvalue weighted by atomic mass is 9.96. The smallest absolute Gasteiger partial charge is 0.263 e. The quantitative estimate of drug-likeness (QED) is 0.526. The Hall–Kier alpha value is -3.19. The number of amides is 1. The highest BCUT2D eigenvalue weighted by molar-refractivity contribution is 7.21. The fraction of sp³-hybridized carbons (Fsp3) is 0.348. The number of nitrogens with two attached hydrogens (primary N) is 2. The molecule has 3 aromatic rings. The molecule has 1 aliphatic rings. The summed E-state index contributed by atoms with van der Waals surface area (Å²) in [7, 11) is 0. The van der Waals surface area contributed by atoms with Crippen LogP contribution in [-0.2, 0) is 11.2 Å². The van der Waals surface area contributed by atoms with Gasteiger partial charge in [-0.2, -0.15) is 5.26 Å². The van der Waals surface area contributed by atoms with Crippen LogP contribution in [0, 0.1) is 11.3 Å². The van der Waals surface area contributed by atoms with E-state index in [1.807, 2.05) is 24.3 Å². The van der Waals surface area contributed by atoms with E-state index in [9.17, 15) is 10.1 Å². The van der Waals surface area contributed by atoms with Crippen LogP contribution in [0.1, 0.15) is 27.7 Å². The molecule has 0 atom stereocenters. The lowest BCUT2D eigenvalue weighted by molar-refractivity contribution is 0.0383. The number of aromatic nitrogens is 1. The number of nitrogen functional groups attached to an aromatic ring is 2. The van der Waals surface area contributed by atoms with E-state index in [-0.39, 0.29) is 17.3 Å². The zero-order valence-electron chi connectivity index (χ0n) is 18.0. The number of morpholine rings is 1. The Morgan fingerprint density at radius 3 is 2.66 bits per heavy atom. The van der Waals surface area contributed by atoms with Gasteiger partial charge in [0.15, 0.2) is 0 Å². The zero-order chi connectivity index (χ0) is 22.7. The maximum atomic E-state index is 12.9. The summed E-state index contributed by atoms with van der Waals surface area (Å²) >= 11 is 1.20.